The number of hydrogen-bond acceptors (Lipinski definition) is 3. The number of carbonyl (C=O) groups is 1. The van der Waals surface area contributed by atoms with Crippen LogP contribution in [-0.2, 0) is 11.2 Å². The minimum Gasteiger partial charge on any atom is -0.395 e. The number of carbonyl (C=O) groups excluding carboxylic acids is 1. The zero-order valence-electron chi connectivity index (χ0n) is 19.2. The van der Waals surface area contributed by atoms with Crippen LogP contribution in [0.4, 0.5) is 0 Å². The molecule has 0 bridgehead atoms. The van der Waals surface area contributed by atoms with Crippen molar-refractivity contribution in [1.82, 2.24) is 5.32 Å². The second kappa shape index (κ2) is 6.15. The Morgan fingerprint density at radius 1 is 1.13 bits per heavy atom. The molecule has 3 heterocycles. The van der Waals surface area contributed by atoms with Gasteiger partial charge in [-0.2, -0.15) is 0 Å². The standard InChI is InChI=1S/C26H35NO3S/c1-16-11-19(18-7-6-8-20(12-18)26(29)27-2)10-9-17(16)13-22-25-24-21(15-30-24)23(14-28)31(22,25,3,4)5/h6-12,21-25,28H,13-15H2,1-5H3,(H,27,29). The topological polar surface area (TPSA) is 58.6 Å². The van der Waals surface area contributed by atoms with Crippen molar-refractivity contribution in [2.45, 2.75) is 35.2 Å². The van der Waals surface area contributed by atoms with Gasteiger partial charge in [0.25, 0.3) is 5.91 Å². The lowest BCUT2D eigenvalue weighted by Crippen LogP contribution is -2.50. The van der Waals surface area contributed by atoms with Crippen molar-refractivity contribution in [3.63, 3.8) is 0 Å². The smallest absolute Gasteiger partial charge is 0.251 e. The van der Waals surface area contributed by atoms with Crippen molar-refractivity contribution in [1.29, 1.82) is 0 Å². The number of fused-ring (bicyclic) bond motifs is 3. The maximum Gasteiger partial charge on any atom is 0.251 e. The van der Waals surface area contributed by atoms with E-state index in [4.69, 9.17) is 4.74 Å². The molecule has 0 spiro atoms. The third kappa shape index (κ3) is 2.60. The monoisotopic (exact) mass is 441 g/mol. The molecule has 3 saturated heterocycles. The van der Waals surface area contributed by atoms with Crippen LogP contribution in [0.25, 0.3) is 11.1 Å². The van der Waals surface area contributed by atoms with Gasteiger partial charge in [0.1, 0.15) is 0 Å². The van der Waals surface area contributed by atoms with E-state index < -0.39 is 8.29 Å². The molecule has 5 atom stereocenters. The molecule has 5 heteroatoms. The quantitative estimate of drug-likeness (QED) is 0.699. The number of amides is 1. The van der Waals surface area contributed by atoms with Crippen molar-refractivity contribution in [3.05, 3.63) is 59.2 Å². The highest BCUT2D eigenvalue weighted by molar-refractivity contribution is 8.69. The number of aliphatic hydroxyl groups excluding tert-OH is 1. The lowest BCUT2D eigenvalue weighted by molar-refractivity contribution is -0.108. The Hall–Kier alpha value is -1.82. The van der Waals surface area contributed by atoms with E-state index in [1.54, 1.807) is 7.05 Å². The van der Waals surface area contributed by atoms with Gasteiger partial charge in [-0.25, -0.2) is 0 Å². The van der Waals surface area contributed by atoms with Gasteiger partial charge in [-0.3, -0.25) is 13.1 Å². The van der Waals surface area contributed by atoms with Crippen molar-refractivity contribution in [2.24, 2.45) is 5.92 Å². The number of rotatable bonds is 5. The predicted octanol–water partition coefficient (Wildman–Crippen LogP) is 3.47. The van der Waals surface area contributed by atoms with Crippen molar-refractivity contribution < 1.29 is 14.6 Å². The molecule has 4 nitrogen and oxygen atoms in total. The fraction of sp³-hybridized carbons (Fsp3) is 0.500. The molecular formula is C26H35NO3S. The van der Waals surface area contributed by atoms with Crippen LogP contribution >= 0.6 is 8.29 Å². The first-order valence-electron chi connectivity index (χ1n) is 11.2. The number of nitrogens with one attached hydrogen (secondary N) is 1. The molecule has 0 radical (unpaired) electrons. The zero-order valence-corrected chi connectivity index (χ0v) is 20.0. The van der Waals surface area contributed by atoms with E-state index in [0.29, 0.717) is 39.9 Å². The second-order valence-electron chi connectivity index (χ2n) is 11.4. The molecule has 1 amide bonds. The molecule has 2 N–H and O–H groups in total. The van der Waals surface area contributed by atoms with Gasteiger partial charge in [-0.1, -0.05) is 30.3 Å². The first-order valence-corrected chi connectivity index (χ1v) is 15.1. The molecule has 0 saturated carbocycles. The summed E-state index contributed by atoms with van der Waals surface area (Å²) in [6.07, 6.45) is 8.98. The van der Waals surface area contributed by atoms with E-state index >= 15 is 0 Å². The highest BCUT2D eigenvalue weighted by Crippen LogP contribution is 3.09. The van der Waals surface area contributed by atoms with E-state index in [2.05, 4.69) is 55.3 Å². The molecule has 3 aliphatic rings. The largest absolute Gasteiger partial charge is 0.395 e. The van der Waals surface area contributed by atoms with Gasteiger partial charge < -0.3 is 15.2 Å². The molecule has 31 heavy (non-hydrogen) atoms. The Balaban J connectivity index is 1.42. The molecule has 5 rings (SSSR count). The van der Waals surface area contributed by atoms with Crippen LogP contribution in [0.5, 0.6) is 0 Å². The summed E-state index contributed by atoms with van der Waals surface area (Å²) in [5.74, 6) is 0.494. The summed E-state index contributed by atoms with van der Waals surface area (Å²) < 4.78 is 6.04. The molecule has 0 aromatic heterocycles. The molecule has 5 unspecified atom stereocenters. The number of benzene rings is 2. The molecule has 3 fully saturated rings. The molecule has 2 aromatic carbocycles. The van der Waals surface area contributed by atoms with Crippen molar-refractivity contribution in [2.75, 3.05) is 39.0 Å². The normalized spacial score (nSPS) is 35.2. The zero-order chi connectivity index (χ0) is 22.2. The van der Waals surface area contributed by atoms with Gasteiger partial charge in [0.05, 0.1) is 19.3 Å². The minimum absolute atomic E-state index is 0.0654. The van der Waals surface area contributed by atoms with Gasteiger partial charge in [-0.15, -0.1) is 0 Å². The van der Waals surface area contributed by atoms with Gasteiger partial charge in [0.15, 0.2) is 0 Å². The summed E-state index contributed by atoms with van der Waals surface area (Å²) in [5.41, 5.74) is 5.56. The first kappa shape index (κ1) is 21.0. The Labute approximate surface area is 184 Å². The molecular weight excluding hydrogens is 406 g/mol. The maximum atomic E-state index is 12.0. The average Bonchev–Trinajstić information content (AvgIpc) is 3.10. The van der Waals surface area contributed by atoms with E-state index in [9.17, 15) is 9.90 Å². The Kier molecular flexibility index (Phi) is 4.18. The summed E-state index contributed by atoms with van der Waals surface area (Å²) >= 11 is 0. The van der Waals surface area contributed by atoms with Crippen molar-refractivity contribution >= 4 is 14.2 Å². The van der Waals surface area contributed by atoms with Crippen molar-refractivity contribution in [3.8, 4) is 11.1 Å². The highest BCUT2D eigenvalue weighted by Gasteiger charge is 2.89. The Morgan fingerprint density at radius 2 is 1.87 bits per heavy atom. The highest BCUT2D eigenvalue weighted by atomic mass is 32.4. The average molecular weight is 442 g/mol. The summed E-state index contributed by atoms with van der Waals surface area (Å²) in [6, 6.07) is 14.5. The Morgan fingerprint density at radius 3 is 2.48 bits per heavy atom. The third-order valence-electron chi connectivity index (χ3n) is 9.27. The molecule has 2 aromatic rings. The van der Waals surface area contributed by atoms with Crippen LogP contribution < -0.4 is 5.32 Å². The van der Waals surface area contributed by atoms with Crippen LogP contribution in [0, 0.1) is 12.8 Å². The minimum atomic E-state index is -2.37. The molecule has 3 aliphatic heterocycles. The molecule has 168 valence electrons. The summed E-state index contributed by atoms with van der Waals surface area (Å²) in [6.45, 7) is 3.32. The lowest BCUT2D eigenvalue weighted by Gasteiger charge is -2.62. The Bertz CT molecular complexity index is 1100. The van der Waals surface area contributed by atoms with Crippen LogP contribution in [0.2, 0.25) is 0 Å². The number of aliphatic hydroxyl groups is 1. The third-order valence-corrected chi connectivity index (χ3v) is 17.8. The van der Waals surface area contributed by atoms with E-state index in [1.165, 1.54) is 11.1 Å². The number of hydrogen-bond donors (Lipinski definition) is 2. The lowest BCUT2D eigenvalue weighted by atomic mass is 9.89. The van der Waals surface area contributed by atoms with Gasteiger partial charge in [0.2, 0.25) is 0 Å². The number of ether oxygens (including phenoxy) is 1. The van der Waals surface area contributed by atoms with Gasteiger partial charge in [0, 0.05) is 29.0 Å². The summed E-state index contributed by atoms with van der Waals surface area (Å²) in [4.78, 5) is 12.0. The van der Waals surface area contributed by atoms with Crippen LogP contribution in [-0.4, -0.2) is 71.9 Å². The SMILES string of the molecule is CNC(=O)c1cccc(-c2ccc(CC3C4C5OCC5C(CO)S34(C)(C)C)c(C)c2)c1. The second-order valence-corrected chi connectivity index (χ2v) is 20.7. The van der Waals surface area contributed by atoms with Crippen LogP contribution in [0.15, 0.2) is 42.5 Å². The molecule has 0 aliphatic carbocycles. The summed E-state index contributed by atoms with van der Waals surface area (Å²) in [5, 5.41) is 14.6. The summed E-state index contributed by atoms with van der Waals surface area (Å²) in [7, 11) is -0.709. The van der Waals surface area contributed by atoms with Crippen LogP contribution in [0.3, 0.4) is 0 Å². The first-order chi connectivity index (χ1) is 14.5. The van der Waals surface area contributed by atoms with Gasteiger partial charge in [-0.05, 0) is 71.7 Å². The van der Waals surface area contributed by atoms with E-state index in [1.807, 2.05) is 18.2 Å². The fourth-order valence-electron chi connectivity index (χ4n) is 7.09. The van der Waals surface area contributed by atoms with Crippen LogP contribution in [0.1, 0.15) is 21.5 Å². The maximum absolute atomic E-state index is 12.0. The van der Waals surface area contributed by atoms with E-state index in [-0.39, 0.29) is 5.91 Å². The number of aryl methyl sites for hydroxylation is 1. The van der Waals surface area contributed by atoms with E-state index in [0.717, 1.165) is 24.2 Å². The van der Waals surface area contributed by atoms with Gasteiger partial charge >= 0.3 is 0 Å². The fourth-order valence-corrected chi connectivity index (χ4v) is 15.9. The predicted molar refractivity (Wildman–Crippen MR) is 131 cm³/mol.